The van der Waals surface area contributed by atoms with E-state index in [1.807, 2.05) is 11.9 Å². The van der Waals surface area contributed by atoms with Crippen LogP contribution < -0.4 is 10.6 Å². The number of rotatable bonds is 4. The molecule has 1 aliphatic rings. The van der Waals surface area contributed by atoms with E-state index < -0.39 is 11.8 Å². The Labute approximate surface area is 117 Å². The van der Waals surface area contributed by atoms with Crippen LogP contribution in [-0.2, 0) is 0 Å². The van der Waals surface area contributed by atoms with E-state index in [0.717, 1.165) is 26.1 Å². The van der Waals surface area contributed by atoms with Gasteiger partial charge in [0.05, 0.1) is 16.9 Å². The van der Waals surface area contributed by atoms with Crippen LogP contribution in [-0.4, -0.2) is 49.7 Å². The van der Waals surface area contributed by atoms with E-state index in [0.29, 0.717) is 11.6 Å². The van der Waals surface area contributed by atoms with Crippen LogP contribution >= 0.6 is 0 Å². The Balaban J connectivity index is 2.15. The number of anilines is 2. The molecular formula is C14H20FN3O2. The molecule has 0 bridgehead atoms. The second-order valence-electron chi connectivity index (χ2n) is 5.49. The highest BCUT2D eigenvalue weighted by Gasteiger charge is 2.22. The summed E-state index contributed by atoms with van der Waals surface area (Å²) >= 11 is 0. The van der Waals surface area contributed by atoms with Crippen molar-refractivity contribution in [2.45, 2.75) is 6.42 Å². The first kappa shape index (κ1) is 14.6. The number of nitrogens with zero attached hydrogens (tertiary/aromatic N) is 2. The quantitative estimate of drug-likeness (QED) is 0.818. The lowest BCUT2D eigenvalue weighted by Crippen LogP contribution is -2.28. The van der Waals surface area contributed by atoms with Crippen LogP contribution in [0.2, 0.25) is 0 Å². The number of carbonyl (C=O) groups is 1. The molecular weight excluding hydrogens is 261 g/mol. The maximum absolute atomic E-state index is 13.7. The van der Waals surface area contributed by atoms with Crippen molar-refractivity contribution in [1.29, 1.82) is 0 Å². The van der Waals surface area contributed by atoms with Gasteiger partial charge in [-0.05, 0) is 32.0 Å². The molecule has 110 valence electrons. The van der Waals surface area contributed by atoms with Gasteiger partial charge in [0.15, 0.2) is 0 Å². The first-order valence-corrected chi connectivity index (χ1v) is 6.60. The molecule has 5 nitrogen and oxygen atoms in total. The minimum absolute atomic E-state index is 0.289. The van der Waals surface area contributed by atoms with Crippen molar-refractivity contribution in [3.8, 4) is 0 Å². The molecule has 0 aliphatic carbocycles. The lowest BCUT2D eigenvalue weighted by atomic mass is 10.1. The Hall–Kier alpha value is -1.82. The predicted octanol–water partition coefficient (Wildman–Crippen LogP) is 1.49. The average molecular weight is 281 g/mol. The molecule has 1 saturated heterocycles. The first-order valence-electron chi connectivity index (χ1n) is 6.60. The Bertz CT molecular complexity index is 521. The van der Waals surface area contributed by atoms with Crippen LogP contribution in [0.5, 0.6) is 0 Å². The van der Waals surface area contributed by atoms with E-state index in [-0.39, 0.29) is 11.3 Å². The summed E-state index contributed by atoms with van der Waals surface area (Å²) in [4.78, 5) is 15.0. The zero-order valence-electron chi connectivity index (χ0n) is 11.8. The number of likely N-dealkylation sites (tertiary alicyclic amines) is 1. The van der Waals surface area contributed by atoms with Crippen LogP contribution in [0.25, 0.3) is 0 Å². The van der Waals surface area contributed by atoms with Gasteiger partial charge >= 0.3 is 5.97 Å². The molecule has 0 spiro atoms. The van der Waals surface area contributed by atoms with Gasteiger partial charge in [-0.25, -0.2) is 9.18 Å². The third-order valence-corrected chi connectivity index (χ3v) is 3.78. The van der Waals surface area contributed by atoms with Gasteiger partial charge in [0.25, 0.3) is 0 Å². The molecule has 1 unspecified atom stereocenters. The topological polar surface area (TPSA) is 69.8 Å². The van der Waals surface area contributed by atoms with Gasteiger partial charge in [0.1, 0.15) is 5.82 Å². The first-order chi connectivity index (χ1) is 9.38. The predicted molar refractivity (Wildman–Crippen MR) is 76.6 cm³/mol. The number of carboxylic acids is 1. The lowest BCUT2D eigenvalue weighted by Gasteiger charge is -2.24. The molecule has 0 saturated carbocycles. The average Bonchev–Trinajstić information content (AvgIpc) is 2.76. The van der Waals surface area contributed by atoms with E-state index in [9.17, 15) is 9.18 Å². The molecule has 1 aromatic carbocycles. The summed E-state index contributed by atoms with van der Waals surface area (Å²) in [6.45, 7) is 2.86. The highest BCUT2D eigenvalue weighted by Crippen LogP contribution is 2.28. The Kier molecular flexibility index (Phi) is 4.13. The molecule has 0 aromatic heterocycles. The van der Waals surface area contributed by atoms with Crippen molar-refractivity contribution in [2.75, 3.05) is 44.4 Å². The van der Waals surface area contributed by atoms with Crippen molar-refractivity contribution in [3.63, 3.8) is 0 Å². The van der Waals surface area contributed by atoms with Gasteiger partial charge < -0.3 is 20.6 Å². The lowest BCUT2D eigenvalue weighted by molar-refractivity contribution is 0.0692. The normalized spacial score (nSPS) is 19.2. The van der Waals surface area contributed by atoms with Gasteiger partial charge in [-0.1, -0.05) is 0 Å². The minimum Gasteiger partial charge on any atom is -0.478 e. The van der Waals surface area contributed by atoms with Gasteiger partial charge in [-0.2, -0.15) is 0 Å². The molecule has 0 amide bonds. The van der Waals surface area contributed by atoms with Crippen molar-refractivity contribution < 1.29 is 14.3 Å². The number of benzene rings is 1. The third kappa shape index (κ3) is 3.01. The summed E-state index contributed by atoms with van der Waals surface area (Å²) < 4.78 is 13.7. The van der Waals surface area contributed by atoms with Crippen LogP contribution in [0.3, 0.4) is 0 Å². The monoisotopic (exact) mass is 281 g/mol. The molecule has 1 heterocycles. The number of carboxylic acid groups (broad SMARTS) is 1. The number of nitrogen functional groups attached to an aromatic ring is 1. The molecule has 3 N–H and O–H groups in total. The van der Waals surface area contributed by atoms with Crippen LogP contribution in [0.15, 0.2) is 12.1 Å². The fraction of sp³-hybridized carbons (Fsp3) is 0.500. The summed E-state index contributed by atoms with van der Waals surface area (Å²) in [6, 6.07) is 2.39. The number of hydrogen-bond acceptors (Lipinski definition) is 4. The molecule has 1 aromatic rings. The third-order valence-electron chi connectivity index (χ3n) is 3.78. The summed E-state index contributed by atoms with van der Waals surface area (Å²) in [7, 11) is 3.93. The standard InChI is InChI=1S/C14H20FN3O2/c1-17-4-3-9(7-17)8-18(2)13-6-11(15)10(14(19)20)5-12(13)16/h5-6,9H,3-4,7-8,16H2,1-2H3,(H,19,20). The summed E-state index contributed by atoms with van der Waals surface area (Å²) in [5, 5.41) is 8.86. The van der Waals surface area contributed by atoms with Gasteiger partial charge in [-0.3, -0.25) is 0 Å². The van der Waals surface area contributed by atoms with Gasteiger partial charge in [0.2, 0.25) is 0 Å². The van der Waals surface area contributed by atoms with E-state index in [2.05, 4.69) is 11.9 Å². The van der Waals surface area contributed by atoms with Crippen LogP contribution in [0.4, 0.5) is 15.8 Å². The highest BCUT2D eigenvalue weighted by molar-refractivity contribution is 5.90. The maximum atomic E-state index is 13.7. The minimum atomic E-state index is -1.30. The van der Waals surface area contributed by atoms with E-state index in [1.54, 1.807) is 0 Å². The Morgan fingerprint density at radius 1 is 1.60 bits per heavy atom. The van der Waals surface area contributed by atoms with E-state index in [4.69, 9.17) is 10.8 Å². The number of nitrogens with two attached hydrogens (primary N) is 1. The van der Waals surface area contributed by atoms with E-state index in [1.165, 1.54) is 12.1 Å². The second kappa shape index (κ2) is 5.66. The SMILES string of the molecule is CN1CCC(CN(C)c2cc(F)c(C(=O)O)cc2N)C1. The number of aromatic carboxylic acids is 1. The molecule has 1 atom stereocenters. The molecule has 2 rings (SSSR count). The molecule has 1 fully saturated rings. The van der Waals surface area contributed by atoms with Crippen LogP contribution in [0.1, 0.15) is 16.8 Å². The smallest absolute Gasteiger partial charge is 0.338 e. The van der Waals surface area contributed by atoms with Gasteiger partial charge in [0, 0.05) is 26.2 Å². The second-order valence-corrected chi connectivity index (χ2v) is 5.49. The fourth-order valence-electron chi connectivity index (χ4n) is 2.73. The highest BCUT2D eigenvalue weighted by atomic mass is 19.1. The van der Waals surface area contributed by atoms with Crippen molar-refractivity contribution in [3.05, 3.63) is 23.5 Å². The van der Waals surface area contributed by atoms with Crippen molar-refractivity contribution >= 4 is 17.3 Å². The summed E-state index contributed by atoms with van der Waals surface area (Å²) in [6.07, 6.45) is 1.11. The van der Waals surface area contributed by atoms with Gasteiger partial charge in [-0.15, -0.1) is 0 Å². The van der Waals surface area contributed by atoms with Crippen molar-refractivity contribution in [2.24, 2.45) is 5.92 Å². The molecule has 20 heavy (non-hydrogen) atoms. The summed E-state index contributed by atoms with van der Waals surface area (Å²) in [5.74, 6) is -1.54. The van der Waals surface area contributed by atoms with Crippen molar-refractivity contribution in [1.82, 2.24) is 4.90 Å². The molecule has 6 heteroatoms. The Morgan fingerprint density at radius 3 is 2.85 bits per heavy atom. The maximum Gasteiger partial charge on any atom is 0.338 e. The zero-order chi connectivity index (χ0) is 14.9. The largest absolute Gasteiger partial charge is 0.478 e. The fourth-order valence-corrected chi connectivity index (χ4v) is 2.73. The zero-order valence-corrected chi connectivity index (χ0v) is 11.8. The molecule has 1 aliphatic heterocycles. The number of halogens is 1. The Morgan fingerprint density at radius 2 is 2.30 bits per heavy atom. The summed E-state index contributed by atoms with van der Waals surface area (Å²) in [5.41, 5.74) is 6.29. The van der Waals surface area contributed by atoms with Crippen LogP contribution in [0, 0.1) is 11.7 Å². The van der Waals surface area contributed by atoms with E-state index >= 15 is 0 Å². The molecule has 0 radical (unpaired) electrons. The number of hydrogen-bond donors (Lipinski definition) is 2.